The minimum absolute atomic E-state index is 0.0295. The third kappa shape index (κ3) is 4.26. The Morgan fingerprint density at radius 1 is 1.50 bits per heavy atom. The molecule has 0 bridgehead atoms. The number of rotatable bonds is 5. The first-order valence-corrected chi connectivity index (χ1v) is 8.73. The second kappa shape index (κ2) is 6.19. The first kappa shape index (κ1) is 15.4. The molecule has 8 heteroatoms. The van der Waals surface area contributed by atoms with Crippen molar-refractivity contribution in [3.63, 3.8) is 0 Å². The molecule has 1 aromatic rings. The molecule has 110 valence electrons. The number of aliphatic carboxylic acids is 1. The van der Waals surface area contributed by atoms with Gasteiger partial charge in [-0.3, -0.25) is 14.7 Å². The Morgan fingerprint density at radius 3 is 2.80 bits per heavy atom. The fourth-order valence-corrected chi connectivity index (χ4v) is 4.50. The normalized spacial score (nSPS) is 21.2. The number of pyridine rings is 1. The predicted octanol–water partition coefficient (Wildman–Crippen LogP) is 0.918. The molecule has 1 saturated heterocycles. The fourth-order valence-electron chi connectivity index (χ4n) is 2.33. The van der Waals surface area contributed by atoms with Crippen molar-refractivity contribution in [2.45, 2.75) is 19.0 Å². The summed E-state index contributed by atoms with van der Waals surface area (Å²) in [6, 6.07) is 1.61. The number of carboxylic acids is 1. The maximum absolute atomic E-state index is 11.5. The second-order valence-corrected chi connectivity index (χ2v) is 8.01. The summed E-state index contributed by atoms with van der Waals surface area (Å²) >= 11 is 3.31. The zero-order chi connectivity index (χ0) is 14.8. The van der Waals surface area contributed by atoms with Crippen LogP contribution in [0.4, 0.5) is 0 Å². The van der Waals surface area contributed by atoms with E-state index >= 15 is 0 Å². The molecule has 0 saturated carbocycles. The molecule has 1 N–H and O–H groups in total. The Bertz CT molecular complexity index is 605. The van der Waals surface area contributed by atoms with E-state index in [1.54, 1.807) is 17.3 Å². The second-order valence-electron chi connectivity index (χ2n) is 4.87. The maximum atomic E-state index is 11.5. The molecule has 1 atom stereocenters. The van der Waals surface area contributed by atoms with Crippen molar-refractivity contribution in [2.75, 3.05) is 18.1 Å². The minimum Gasteiger partial charge on any atom is -0.480 e. The van der Waals surface area contributed by atoms with Crippen LogP contribution in [0.1, 0.15) is 12.0 Å². The van der Waals surface area contributed by atoms with E-state index in [0.29, 0.717) is 13.0 Å². The van der Waals surface area contributed by atoms with Gasteiger partial charge in [-0.25, -0.2) is 8.42 Å². The fraction of sp³-hybridized carbons (Fsp3) is 0.500. The first-order valence-electron chi connectivity index (χ1n) is 6.11. The molecule has 2 rings (SSSR count). The maximum Gasteiger partial charge on any atom is 0.317 e. The third-order valence-electron chi connectivity index (χ3n) is 3.21. The van der Waals surface area contributed by atoms with Crippen LogP contribution in [0.3, 0.4) is 0 Å². The summed E-state index contributed by atoms with van der Waals surface area (Å²) in [4.78, 5) is 16.7. The van der Waals surface area contributed by atoms with Crippen molar-refractivity contribution in [1.82, 2.24) is 9.88 Å². The summed E-state index contributed by atoms with van der Waals surface area (Å²) < 4.78 is 23.9. The number of hydrogen-bond donors (Lipinski definition) is 1. The van der Waals surface area contributed by atoms with Crippen molar-refractivity contribution in [2.24, 2.45) is 0 Å². The van der Waals surface area contributed by atoms with E-state index in [1.165, 1.54) is 0 Å². The number of halogens is 1. The van der Waals surface area contributed by atoms with Crippen LogP contribution in [0.5, 0.6) is 0 Å². The van der Waals surface area contributed by atoms with Crippen LogP contribution in [0, 0.1) is 0 Å². The minimum atomic E-state index is -3.04. The standard InChI is InChI=1S/C12H15BrN2O4S/c13-10-3-9(4-14-5-10)6-15(7-12(16)17)11-1-2-20(18,19)8-11/h3-5,11H,1-2,6-8H2,(H,16,17). The lowest BCUT2D eigenvalue weighted by atomic mass is 10.2. The summed E-state index contributed by atoms with van der Waals surface area (Å²) in [5.41, 5.74) is 0.852. The molecule has 1 aromatic heterocycles. The van der Waals surface area contributed by atoms with Gasteiger partial charge in [-0.15, -0.1) is 0 Å². The summed E-state index contributed by atoms with van der Waals surface area (Å²) in [6.45, 7) is 0.200. The van der Waals surface area contributed by atoms with Gasteiger partial charge in [0.15, 0.2) is 9.84 Å². The molecule has 1 aliphatic rings. The Hall–Kier alpha value is -0.990. The van der Waals surface area contributed by atoms with Gasteiger partial charge in [-0.2, -0.15) is 0 Å². The number of nitrogens with zero attached hydrogens (tertiary/aromatic N) is 2. The van der Waals surface area contributed by atoms with Crippen LogP contribution in [0.25, 0.3) is 0 Å². The largest absolute Gasteiger partial charge is 0.480 e. The molecule has 2 heterocycles. The van der Waals surface area contributed by atoms with E-state index < -0.39 is 15.8 Å². The third-order valence-corrected chi connectivity index (χ3v) is 5.39. The molecule has 6 nitrogen and oxygen atoms in total. The van der Waals surface area contributed by atoms with Crippen molar-refractivity contribution < 1.29 is 18.3 Å². The van der Waals surface area contributed by atoms with Crippen LogP contribution < -0.4 is 0 Å². The average Bonchev–Trinajstić information content (AvgIpc) is 2.68. The van der Waals surface area contributed by atoms with Crippen molar-refractivity contribution >= 4 is 31.7 Å². The van der Waals surface area contributed by atoms with E-state index in [4.69, 9.17) is 5.11 Å². The highest BCUT2D eigenvalue weighted by Gasteiger charge is 2.33. The van der Waals surface area contributed by atoms with E-state index in [2.05, 4.69) is 20.9 Å². The molecule has 1 aliphatic heterocycles. The smallest absolute Gasteiger partial charge is 0.317 e. The predicted molar refractivity (Wildman–Crippen MR) is 77.0 cm³/mol. The van der Waals surface area contributed by atoms with Crippen molar-refractivity contribution in [1.29, 1.82) is 0 Å². The topological polar surface area (TPSA) is 87.6 Å². The van der Waals surface area contributed by atoms with Gasteiger partial charge in [0, 0.05) is 29.5 Å². The molecule has 20 heavy (non-hydrogen) atoms. The van der Waals surface area contributed by atoms with E-state index in [1.807, 2.05) is 6.07 Å². The zero-order valence-corrected chi connectivity index (χ0v) is 13.1. The number of sulfone groups is 1. The molecular formula is C12H15BrN2O4S. The van der Waals surface area contributed by atoms with Gasteiger partial charge in [-0.05, 0) is 34.0 Å². The number of carboxylic acid groups (broad SMARTS) is 1. The van der Waals surface area contributed by atoms with Gasteiger partial charge in [0.05, 0.1) is 18.1 Å². The van der Waals surface area contributed by atoms with E-state index in [-0.39, 0.29) is 24.1 Å². The van der Waals surface area contributed by atoms with Crippen molar-refractivity contribution in [3.05, 3.63) is 28.5 Å². The Balaban J connectivity index is 2.14. The Labute approximate surface area is 125 Å². The molecule has 0 radical (unpaired) electrons. The van der Waals surface area contributed by atoms with E-state index in [9.17, 15) is 13.2 Å². The van der Waals surface area contributed by atoms with Gasteiger partial charge >= 0.3 is 5.97 Å². The zero-order valence-electron chi connectivity index (χ0n) is 10.7. The molecule has 0 spiro atoms. The Morgan fingerprint density at radius 2 is 2.25 bits per heavy atom. The quantitative estimate of drug-likeness (QED) is 0.837. The number of hydrogen-bond acceptors (Lipinski definition) is 5. The first-order chi connectivity index (χ1) is 9.35. The molecule has 0 aliphatic carbocycles. The molecule has 1 fully saturated rings. The van der Waals surface area contributed by atoms with Gasteiger partial charge in [0.25, 0.3) is 0 Å². The molecule has 1 unspecified atom stereocenters. The lowest BCUT2D eigenvalue weighted by molar-refractivity contribution is -0.139. The summed E-state index contributed by atoms with van der Waals surface area (Å²) in [5.74, 6) is -0.802. The van der Waals surface area contributed by atoms with Gasteiger partial charge in [0.1, 0.15) is 0 Å². The highest BCUT2D eigenvalue weighted by molar-refractivity contribution is 9.10. The molecule has 0 amide bonds. The highest BCUT2D eigenvalue weighted by Crippen LogP contribution is 2.20. The summed E-state index contributed by atoms with van der Waals surface area (Å²) in [6.07, 6.45) is 3.78. The van der Waals surface area contributed by atoms with Crippen LogP contribution in [-0.4, -0.2) is 53.5 Å². The van der Waals surface area contributed by atoms with Crippen LogP contribution in [-0.2, 0) is 21.2 Å². The average molecular weight is 363 g/mol. The monoisotopic (exact) mass is 362 g/mol. The molecular weight excluding hydrogens is 348 g/mol. The van der Waals surface area contributed by atoms with Gasteiger partial charge in [-0.1, -0.05) is 0 Å². The lowest BCUT2D eigenvalue weighted by Gasteiger charge is -2.26. The lowest BCUT2D eigenvalue weighted by Crippen LogP contribution is -2.39. The summed E-state index contributed by atoms with van der Waals surface area (Å²) in [5, 5.41) is 8.99. The Kier molecular flexibility index (Phi) is 4.77. The van der Waals surface area contributed by atoms with Crippen LogP contribution in [0.2, 0.25) is 0 Å². The highest BCUT2D eigenvalue weighted by atomic mass is 79.9. The number of carbonyl (C=O) groups is 1. The number of aromatic nitrogens is 1. The van der Waals surface area contributed by atoms with Gasteiger partial charge < -0.3 is 5.11 Å². The van der Waals surface area contributed by atoms with Crippen LogP contribution >= 0.6 is 15.9 Å². The summed E-state index contributed by atoms with van der Waals surface area (Å²) in [7, 11) is -3.04. The van der Waals surface area contributed by atoms with E-state index in [0.717, 1.165) is 10.0 Å². The van der Waals surface area contributed by atoms with Crippen molar-refractivity contribution in [3.8, 4) is 0 Å². The van der Waals surface area contributed by atoms with Gasteiger partial charge in [0.2, 0.25) is 0 Å². The molecule has 0 aromatic carbocycles. The van der Waals surface area contributed by atoms with Crippen LogP contribution in [0.15, 0.2) is 22.9 Å². The SMILES string of the molecule is O=C(O)CN(Cc1cncc(Br)c1)C1CCS(=O)(=O)C1.